The summed E-state index contributed by atoms with van der Waals surface area (Å²) < 4.78 is 2.01. The molecule has 0 atom stereocenters. The molecule has 1 fully saturated rings. The van der Waals surface area contributed by atoms with Crippen molar-refractivity contribution in [2.45, 2.75) is 32.7 Å². The van der Waals surface area contributed by atoms with Crippen LogP contribution in [-0.2, 0) is 0 Å². The zero-order chi connectivity index (χ0) is 14.8. The van der Waals surface area contributed by atoms with Gasteiger partial charge in [-0.2, -0.15) is 5.10 Å². The largest absolute Gasteiger partial charge is 0.338 e. The van der Waals surface area contributed by atoms with E-state index >= 15 is 0 Å². The summed E-state index contributed by atoms with van der Waals surface area (Å²) in [4.78, 5) is 14.5. The Hall–Kier alpha value is -2.10. The van der Waals surface area contributed by atoms with Gasteiger partial charge in [0.25, 0.3) is 5.91 Å². The Morgan fingerprint density at radius 3 is 2.57 bits per heavy atom. The Bertz CT molecular complexity index is 625. The van der Waals surface area contributed by atoms with Gasteiger partial charge in [0, 0.05) is 31.0 Å². The van der Waals surface area contributed by atoms with Crippen LogP contribution < -0.4 is 0 Å². The molecule has 0 bridgehead atoms. The molecule has 2 aromatic rings. The first-order valence-electron chi connectivity index (χ1n) is 7.51. The molecule has 0 spiro atoms. The van der Waals surface area contributed by atoms with E-state index in [1.807, 2.05) is 46.2 Å². The second kappa shape index (κ2) is 5.72. The molecule has 0 radical (unpaired) electrons. The number of benzene rings is 1. The summed E-state index contributed by atoms with van der Waals surface area (Å²) in [5.74, 6) is 0.150. The SMILES string of the molecule is Cc1ccc(C(=O)N2CCC(n3cccn3)CC2)cc1C. The van der Waals surface area contributed by atoms with Crippen LogP contribution in [0.1, 0.15) is 40.4 Å². The van der Waals surface area contributed by atoms with Gasteiger partial charge >= 0.3 is 0 Å². The molecular weight excluding hydrogens is 262 g/mol. The first kappa shape index (κ1) is 13.9. The number of aryl methyl sites for hydroxylation is 2. The van der Waals surface area contributed by atoms with E-state index < -0.39 is 0 Å². The van der Waals surface area contributed by atoms with E-state index in [4.69, 9.17) is 0 Å². The molecule has 1 aromatic carbocycles. The van der Waals surface area contributed by atoms with Crippen molar-refractivity contribution in [1.29, 1.82) is 0 Å². The molecule has 4 nitrogen and oxygen atoms in total. The van der Waals surface area contributed by atoms with Crippen LogP contribution in [0.4, 0.5) is 0 Å². The maximum Gasteiger partial charge on any atom is 0.253 e. The number of amides is 1. The molecule has 0 unspecified atom stereocenters. The van der Waals surface area contributed by atoms with Gasteiger partial charge in [-0.05, 0) is 56.0 Å². The van der Waals surface area contributed by atoms with Gasteiger partial charge in [-0.25, -0.2) is 0 Å². The summed E-state index contributed by atoms with van der Waals surface area (Å²) in [6.45, 7) is 5.72. The lowest BCUT2D eigenvalue weighted by Crippen LogP contribution is -2.39. The van der Waals surface area contributed by atoms with E-state index in [0.29, 0.717) is 6.04 Å². The Labute approximate surface area is 125 Å². The lowest BCUT2D eigenvalue weighted by molar-refractivity contribution is 0.0690. The zero-order valence-corrected chi connectivity index (χ0v) is 12.6. The van der Waals surface area contributed by atoms with Crippen molar-refractivity contribution >= 4 is 5.91 Å². The monoisotopic (exact) mass is 283 g/mol. The number of carbonyl (C=O) groups is 1. The molecule has 3 rings (SSSR count). The standard InChI is InChI=1S/C17H21N3O/c1-13-4-5-15(12-14(13)2)17(21)19-10-6-16(7-11-19)20-9-3-8-18-20/h3-5,8-9,12,16H,6-7,10-11H2,1-2H3. The van der Waals surface area contributed by atoms with E-state index in [1.54, 1.807) is 0 Å². The van der Waals surface area contributed by atoms with Gasteiger partial charge in [0.2, 0.25) is 0 Å². The summed E-state index contributed by atoms with van der Waals surface area (Å²) in [6.07, 6.45) is 5.76. The number of nitrogens with zero attached hydrogens (tertiary/aromatic N) is 3. The molecule has 2 heterocycles. The van der Waals surface area contributed by atoms with Crippen LogP contribution >= 0.6 is 0 Å². The Kier molecular flexibility index (Phi) is 3.78. The predicted molar refractivity (Wildman–Crippen MR) is 82.3 cm³/mol. The first-order chi connectivity index (χ1) is 10.1. The van der Waals surface area contributed by atoms with E-state index in [-0.39, 0.29) is 5.91 Å². The van der Waals surface area contributed by atoms with Gasteiger partial charge in [-0.3, -0.25) is 9.48 Å². The third-order valence-electron chi connectivity index (χ3n) is 4.40. The molecule has 0 saturated carbocycles. The Morgan fingerprint density at radius 1 is 1.19 bits per heavy atom. The predicted octanol–water partition coefficient (Wildman–Crippen LogP) is 2.98. The van der Waals surface area contributed by atoms with E-state index in [0.717, 1.165) is 31.5 Å². The van der Waals surface area contributed by atoms with E-state index in [2.05, 4.69) is 18.9 Å². The Balaban J connectivity index is 1.66. The number of likely N-dealkylation sites (tertiary alicyclic amines) is 1. The van der Waals surface area contributed by atoms with Crippen molar-refractivity contribution in [3.63, 3.8) is 0 Å². The van der Waals surface area contributed by atoms with Crippen LogP contribution in [0.15, 0.2) is 36.7 Å². The highest BCUT2D eigenvalue weighted by Gasteiger charge is 2.24. The summed E-state index contributed by atoms with van der Waals surface area (Å²) >= 11 is 0. The second-order valence-corrected chi connectivity index (χ2v) is 5.81. The average molecular weight is 283 g/mol. The van der Waals surface area contributed by atoms with Crippen LogP contribution in [0.2, 0.25) is 0 Å². The number of rotatable bonds is 2. The molecular formula is C17H21N3O. The van der Waals surface area contributed by atoms with Crippen molar-refractivity contribution in [2.75, 3.05) is 13.1 Å². The smallest absolute Gasteiger partial charge is 0.253 e. The minimum Gasteiger partial charge on any atom is -0.338 e. The molecule has 1 aromatic heterocycles. The summed E-state index contributed by atoms with van der Waals surface area (Å²) in [7, 11) is 0. The maximum absolute atomic E-state index is 12.6. The second-order valence-electron chi connectivity index (χ2n) is 5.81. The number of hydrogen-bond donors (Lipinski definition) is 0. The highest BCUT2D eigenvalue weighted by atomic mass is 16.2. The summed E-state index contributed by atoms with van der Waals surface area (Å²) in [5.41, 5.74) is 3.20. The highest BCUT2D eigenvalue weighted by Crippen LogP contribution is 2.23. The Morgan fingerprint density at radius 2 is 1.95 bits per heavy atom. The lowest BCUT2D eigenvalue weighted by Gasteiger charge is -2.32. The quantitative estimate of drug-likeness (QED) is 0.850. The third kappa shape index (κ3) is 2.84. The van der Waals surface area contributed by atoms with Gasteiger partial charge in [0.05, 0.1) is 6.04 Å². The molecule has 1 aliphatic heterocycles. The molecule has 1 saturated heterocycles. The normalized spacial score (nSPS) is 16.2. The van der Waals surface area contributed by atoms with Crippen LogP contribution in [-0.4, -0.2) is 33.7 Å². The maximum atomic E-state index is 12.6. The minimum absolute atomic E-state index is 0.150. The summed E-state index contributed by atoms with van der Waals surface area (Å²) in [5, 5.41) is 4.30. The number of piperidine rings is 1. The highest BCUT2D eigenvalue weighted by molar-refractivity contribution is 5.94. The van der Waals surface area contributed by atoms with Crippen molar-refractivity contribution in [3.8, 4) is 0 Å². The molecule has 110 valence electrons. The third-order valence-corrected chi connectivity index (χ3v) is 4.40. The van der Waals surface area contributed by atoms with Gasteiger partial charge in [0.1, 0.15) is 0 Å². The minimum atomic E-state index is 0.150. The fourth-order valence-electron chi connectivity index (χ4n) is 2.89. The van der Waals surface area contributed by atoms with Crippen LogP contribution in [0.25, 0.3) is 0 Å². The van der Waals surface area contributed by atoms with Crippen molar-refractivity contribution in [3.05, 3.63) is 53.3 Å². The van der Waals surface area contributed by atoms with Crippen LogP contribution in [0.3, 0.4) is 0 Å². The number of carbonyl (C=O) groups excluding carboxylic acids is 1. The van der Waals surface area contributed by atoms with Crippen molar-refractivity contribution in [1.82, 2.24) is 14.7 Å². The van der Waals surface area contributed by atoms with Gasteiger partial charge < -0.3 is 4.90 Å². The number of aromatic nitrogens is 2. The van der Waals surface area contributed by atoms with Gasteiger partial charge in [-0.15, -0.1) is 0 Å². The fourth-order valence-corrected chi connectivity index (χ4v) is 2.89. The van der Waals surface area contributed by atoms with Crippen molar-refractivity contribution < 1.29 is 4.79 Å². The fraction of sp³-hybridized carbons (Fsp3) is 0.412. The first-order valence-corrected chi connectivity index (χ1v) is 7.51. The lowest BCUT2D eigenvalue weighted by atomic mass is 10.0. The molecule has 1 amide bonds. The topological polar surface area (TPSA) is 38.1 Å². The molecule has 4 heteroatoms. The van der Waals surface area contributed by atoms with E-state index in [9.17, 15) is 4.79 Å². The molecule has 21 heavy (non-hydrogen) atoms. The number of hydrogen-bond acceptors (Lipinski definition) is 2. The zero-order valence-electron chi connectivity index (χ0n) is 12.6. The molecule has 0 aliphatic carbocycles. The van der Waals surface area contributed by atoms with Gasteiger partial charge in [-0.1, -0.05) is 6.07 Å². The summed E-state index contributed by atoms with van der Waals surface area (Å²) in [6, 6.07) is 8.33. The van der Waals surface area contributed by atoms with Gasteiger partial charge in [0.15, 0.2) is 0 Å². The van der Waals surface area contributed by atoms with Crippen LogP contribution in [0.5, 0.6) is 0 Å². The molecule has 1 aliphatic rings. The molecule has 0 N–H and O–H groups in total. The average Bonchev–Trinajstić information content (AvgIpc) is 3.04. The van der Waals surface area contributed by atoms with Crippen molar-refractivity contribution in [2.24, 2.45) is 0 Å². The van der Waals surface area contributed by atoms with E-state index in [1.165, 1.54) is 11.1 Å². The van der Waals surface area contributed by atoms with Crippen LogP contribution in [0, 0.1) is 13.8 Å².